The van der Waals surface area contributed by atoms with Crippen LogP contribution in [0.3, 0.4) is 0 Å². The highest BCUT2D eigenvalue weighted by Gasteiger charge is 2.04. The molecule has 80 valence electrons. The average Bonchev–Trinajstić information content (AvgIpc) is 2.18. The monoisotopic (exact) mass is 206 g/mol. The first-order valence-corrected chi connectivity index (χ1v) is 4.74. The Balaban J connectivity index is 3.05. The van der Waals surface area contributed by atoms with Gasteiger partial charge in [0.25, 0.3) is 0 Å². The van der Waals surface area contributed by atoms with Crippen molar-refractivity contribution in [2.75, 3.05) is 7.11 Å². The molecule has 0 fully saturated rings. The first-order valence-electron chi connectivity index (χ1n) is 4.74. The van der Waals surface area contributed by atoms with E-state index in [9.17, 15) is 0 Å². The summed E-state index contributed by atoms with van der Waals surface area (Å²) in [6, 6.07) is 3.88. The Morgan fingerprint density at radius 3 is 2.40 bits per heavy atom. The van der Waals surface area contributed by atoms with E-state index in [0.717, 1.165) is 22.4 Å². The molecule has 1 aromatic carbocycles. The van der Waals surface area contributed by atoms with Crippen LogP contribution in [0.1, 0.15) is 16.7 Å². The van der Waals surface area contributed by atoms with Gasteiger partial charge in [0.15, 0.2) is 0 Å². The standard InChI is InChI=1S/C11H15BO3/c1-8-7-11(15-3)9(2)6-10(8)4-5-12(13)14/h4-7,13-14H,1-3H3/b5-4+. The van der Waals surface area contributed by atoms with Crippen molar-refractivity contribution < 1.29 is 14.8 Å². The van der Waals surface area contributed by atoms with Gasteiger partial charge in [-0.25, -0.2) is 0 Å². The number of aryl methyl sites for hydroxylation is 2. The number of benzene rings is 1. The fourth-order valence-corrected chi connectivity index (χ4v) is 1.40. The molecular formula is C11H15BO3. The highest BCUT2D eigenvalue weighted by Crippen LogP contribution is 2.23. The molecule has 0 aliphatic rings. The van der Waals surface area contributed by atoms with Crippen LogP contribution in [0.5, 0.6) is 5.75 Å². The molecule has 0 heterocycles. The van der Waals surface area contributed by atoms with Crippen molar-refractivity contribution in [2.45, 2.75) is 13.8 Å². The molecule has 0 atom stereocenters. The van der Waals surface area contributed by atoms with Crippen LogP contribution >= 0.6 is 0 Å². The Hall–Kier alpha value is -1.26. The maximum absolute atomic E-state index is 8.72. The predicted molar refractivity (Wildman–Crippen MR) is 61.7 cm³/mol. The fourth-order valence-electron chi connectivity index (χ4n) is 1.40. The van der Waals surface area contributed by atoms with E-state index < -0.39 is 7.12 Å². The van der Waals surface area contributed by atoms with Crippen molar-refractivity contribution >= 4 is 13.2 Å². The van der Waals surface area contributed by atoms with Gasteiger partial charge in [-0.15, -0.1) is 0 Å². The fraction of sp³-hybridized carbons (Fsp3) is 0.273. The van der Waals surface area contributed by atoms with Gasteiger partial charge < -0.3 is 14.8 Å². The third-order valence-electron chi connectivity index (χ3n) is 2.23. The van der Waals surface area contributed by atoms with Crippen LogP contribution in [0.2, 0.25) is 0 Å². The van der Waals surface area contributed by atoms with Gasteiger partial charge in [-0.1, -0.05) is 12.1 Å². The molecule has 0 aromatic heterocycles. The van der Waals surface area contributed by atoms with Gasteiger partial charge in [-0.3, -0.25) is 0 Å². The van der Waals surface area contributed by atoms with Gasteiger partial charge in [0.05, 0.1) is 7.11 Å². The molecule has 0 unspecified atom stereocenters. The van der Waals surface area contributed by atoms with Crippen molar-refractivity contribution in [1.29, 1.82) is 0 Å². The minimum Gasteiger partial charge on any atom is -0.496 e. The maximum Gasteiger partial charge on any atom is 0.480 e. The summed E-state index contributed by atoms with van der Waals surface area (Å²) < 4.78 is 5.18. The van der Waals surface area contributed by atoms with Crippen LogP contribution in [0.25, 0.3) is 6.08 Å². The van der Waals surface area contributed by atoms with Crippen LogP contribution in [0.4, 0.5) is 0 Å². The van der Waals surface area contributed by atoms with Crippen LogP contribution in [-0.2, 0) is 0 Å². The molecular weight excluding hydrogens is 191 g/mol. The summed E-state index contributed by atoms with van der Waals surface area (Å²) in [5.41, 5.74) is 3.02. The molecule has 0 aliphatic heterocycles. The molecule has 0 radical (unpaired) electrons. The zero-order valence-electron chi connectivity index (χ0n) is 9.19. The topological polar surface area (TPSA) is 49.7 Å². The van der Waals surface area contributed by atoms with E-state index in [1.165, 1.54) is 5.98 Å². The largest absolute Gasteiger partial charge is 0.496 e. The molecule has 0 amide bonds. The second-order valence-electron chi connectivity index (χ2n) is 3.45. The number of hydrogen-bond donors (Lipinski definition) is 2. The Morgan fingerprint density at radius 1 is 1.20 bits per heavy atom. The van der Waals surface area contributed by atoms with Gasteiger partial charge in [0.1, 0.15) is 5.75 Å². The molecule has 0 bridgehead atoms. The lowest BCUT2D eigenvalue weighted by Crippen LogP contribution is -2.05. The van der Waals surface area contributed by atoms with Crippen LogP contribution < -0.4 is 4.74 Å². The molecule has 0 saturated carbocycles. The van der Waals surface area contributed by atoms with Crippen LogP contribution in [0, 0.1) is 13.8 Å². The quantitative estimate of drug-likeness (QED) is 0.733. The maximum atomic E-state index is 8.72. The Bertz CT molecular complexity index is 372. The summed E-state index contributed by atoms with van der Waals surface area (Å²) >= 11 is 0. The SMILES string of the molecule is COc1cc(C)c(/C=C/B(O)O)cc1C. The van der Waals surface area contributed by atoms with E-state index in [1.54, 1.807) is 13.2 Å². The zero-order valence-corrected chi connectivity index (χ0v) is 9.19. The molecule has 2 N–H and O–H groups in total. The van der Waals surface area contributed by atoms with E-state index in [4.69, 9.17) is 14.8 Å². The molecule has 0 spiro atoms. The number of rotatable bonds is 3. The van der Waals surface area contributed by atoms with Crippen molar-refractivity contribution in [2.24, 2.45) is 0 Å². The van der Waals surface area contributed by atoms with Crippen molar-refractivity contribution in [3.05, 3.63) is 34.8 Å². The third-order valence-corrected chi connectivity index (χ3v) is 2.23. The van der Waals surface area contributed by atoms with E-state index >= 15 is 0 Å². The van der Waals surface area contributed by atoms with Gasteiger partial charge >= 0.3 is 7.12 Å². The summed E-state index contributed by atoms with van der Waals surface area (Å²) in [6.07, 6.45) is 1.69. The highest BCUT2D eigenvalue weighted by atomic mass is 16.5. The first-order chi connectivity index (χ1) is 7.04. The summed E-state index contributed by atoms with van der Waals surface area (Å²) in [7, 11) is 0.223. The summed E-state index contributed by atoms with van der Waals surface area (Å²) in [4.78, 5) is 0. The van der Waals surface area contributed by atoms with Gasteiger partial charge in [0, 0.05) is 0 Å². The normalized spacial score (nSPS) is 10.7. The molecule has 15 heavy (non-hydrogen) atoms. The Labute approximate surface area is 90.2 Å². The lowest BCUT2D eigenvalue weighted by molar-refractivity contribution is 0.411. The van der Waals surface area contributed by atoms with Gasteiger partial charge in [0.2, 0.25) is 0 Å². The number of hydrogen-bond acceptors (Lipinski definition) is 3. The zero-order chi connectivity index (χ0) is 11.4. The van der Waals surface area contributed by atoms with E-state index in [1.807, 2.05) is 26.0 Å². The Kier molecular flexibility index (Phi) is 3.94. The van der Waals surface area contributed by atoms with Crippen molar-refractivity contribution in [3.63, 3.8) is 0 Å². The van der Waals surface area contributed by atoms with E-state index in [0.29, 0.717) is 0 Å². The molecule has 1 rings (SSSR count). The minimum absolute atomic E-state index is 0.842. The highest BCUT2D eigenvalue weighted by molar-refractivity contribution is 6.48. The minimum atomic E-state index is -1.41. The smallest absolute Gasteiger partial charge is 0.480 e. The third kappa shape index (κ3) is 3.11. The van der Waals surface area contributed by atoms with Crippen LogP contribution in [-0.4, -0.2) is 24.3 Å². The van der Waals surface area contributed by atoms with E-state index in [2.05, 4.69) is 0 Å². The lowest BCUT2D eigenvalue weighted by Gasteiger charge is -2.08. The molecule has 1 aromatic rings. The summed E-state index contributed by atoms with van der Waals surface area (Å²) in [5, 5.41) is 17.4. The predicted octanol–water partition coefficient (Wildman–Crippen LogP) is 1.34. The number of methoxy groups -OCH3 is 1. The lowest BCUT2D eigenvalue weighted by atomic mass is 9.90. The van der Waals surface area contributed by atoms with Crippen molar-refractivity contribution in [1.82, 2.24) is 0 Å². The molecule has 0 aliphatic carbocycles. The second kappa shape index (κ2) is 5.00. The Morgan fingerprint density at radius 2 is 1.87 bits per heavy atom. The summed E-state index contributed by atoms with van der Waals surface area (Å²) in [6.45, 7) is 3.90. The first kappa shape index (κ1) is 11.8. The molecule has 3 nitrogen and oxygen atoms in total. The van der Waals surface area contributed by atoms with E-state index in [-0.39, 0.29) is 0 Å². The van der Waals surface area contributed by atoms with Gasteiger partial charge in [-0.05, 0) is 42.7 Å². The van der Waals surface area contributed by atoms with Gasteiger partial charge in [-0.2, -0.15) is 0 Å². The average molecular weight is 206 g/mol. The van der Waals surface area contributed by atoms with Crippen molar-refractivity contribution in [3.8, 4) is 5.75 Å². The summed E-state index contributed by atoms with van der Waals surface area (Å²) in [5.74, 6) is 2.17. The number of ether oxygens (including phenoxy) is 1. The second-order valence-corrected chi connectivity index (χ2v) is 3.45. The van der Waals surface area contributed by atoms with Crippen LogP contribution in [0.15, 0.2) is 18.1 Å². The molecule has 0 saturated heterocycles. The molecule has 4 heteroatoms.